The summed E-state index contributed by atoms with van der Waals surface area (Å²) in [7, 11) is 0. The van der Waals surface area contributed by atoms with Crippen LogP contribution in [0.2, 0.25) is 0 Å². The van der Waals surface area contributed by atoms with Crippen LogP contribution in [0, 0.1) is 0 Å². The summed E-state index contributed by atoms with van der Waals surface area (Å²) < 4.78 is 0. The topological polar surface area (TPSA) is 49.3 Å². The Bertz CT molecular complexity index is 130. The van der Waals surface area contributed by atoms with Crippen molar-refractivity contribution in [2.75, 3.05) is 6.61 Å². The highest BCUT2D eigenvalue weighted by Crippen LogP contribution is 2.07. The second-order valence-corrected chi connectivity index (χ2v) is 2.97. The summed E-state index contributed by atoms with van der Waals surface area (Å²) in [5.74, 6) is -0.0107. The number of carbonyl (C=O) groups is 1. The maximum absolute atomic E-state index is 10.9. The van der Waals surface area contributed by atoms with Gasteiger partial charge in [0, 0.05) is 6.42 Å². The number of carbonyl (C=O) groups excluding carboxylic acids is 1. The summed E-state index contributed by atoms with van der Waals surface area (Å²) >= 11 is 0. The number of amides is 1. The molecule has 2 N–H and O–H groups in total. The highest BCUT2D eigenvalue weighted by Gasteiger charge is 2.21. The van der Waals surface area contributed by atoms with E-state index in [1.807, 2.05) is 13.8 Å². The fourth-order valence-corrected chi connectivity index (χ4v) is 0.665. The van der Waals surface area contributed by atoms with Gasteiger partial charge in [-0.3, -0.25) is 4.79 Å². The van der Waals surface area contributed by atoms with Gasteiger partial charge < -0.3 is 10.4 Å². The minimum atomic E-state index is -0.437. The quantitative estimate of drug-likeness (QED) is 0.633. The fraction of sp³-hybridized carbons (Fsp3) is 0.875. The largest absolute Gasteiger partial charge is 0.394 e. The molecule has 0 fully saturated rings. The molecule has 0 heterocycles. The van der Waals surface area contributed by atoms with Crippen molar-refractivity contribution in [2.24, 2.45) is 0 Å². The lowest BCUT2D eigenvalue weighted by molar-refractivity contribution is -0.123. The molecule has 0 aromatic carbocycles. The Balaban J connectivity index is 3.96. The van der Waals surface area contributed by atoms with Crippen LogP contribution in [0.15, 0.2) is 0 Å². The molecule has 11 heavy (non-hydrogen) atoms. The van der Waals surface area contributed by atoms with Gasteiger partial charge >= 0.3 is 0 Å². The molecule has 0 aromatic rings. The van der Waals surface area contributed by atoms with Crippen LogP contribution in [-0.2, 0) is 4.79 Å². The average molecular weight is 159 g/mol. The Morgan fingerprint density at radius 1 is 1.55 bits per heavy atom. The normalized spacial score (nSPS) is 15.6. The molecule has 0 aromatic heterocycles. The van der Waals surface area contributed by atoms with Crippen LogP contribution in [0.25, 0.3) is 0 Å². The number of aliphatic hydroxyl groups is 1. The third kappa shape index (κ3) is 3.37. The van der Waals surface area contributed by atoms with Gasteiger partial charge in [-0.05, 0) is 13.3 Å². The van der Waals surface area contributed by atoms with E-state index in [1.54, 1.807) is 6.92 Å². The highest BCUT2D eigenvalue weighted by atomic mass is 16.3. The Kier molecular flexibility index (Phi) is 4.11. The van der Waals surface area contributed by atoms with Crippen LogP contribution in [0.1, 0.15) is 33.6 Å². The second kappa shape index (κ2) is 4.34. The van der Waals surface area contributed by atoms with E-state index in [-0.39, 0.29) is 12.5 Å². The minimum Gasteiger partial charge on any atom is -0.394 e. The van der Waals surface area contributed by atoms with Gasteiger partial charge in [-0.25, -0.2) is 0 Å². The molecule has 0 rings (SSSR count). The van der Waals surface area contributed by atoms with Crippen molar-refractivity contribution in [1.82, 2.24) is 5.32 Å². The molecule has 3 heteroatoms. The van der Waals surface area contributed by atoms with Crippen LogP contribution in [0.4, 0.5) is 0 Å². The van der Waals surface area contributed by atoms with Gasteiger partial charge in [0.1, 0.15) is 0 Å². The highest BCUT2D eigenvalue weighted by molar-refractivity contribution is 5.76. The van der Waals surface area contributed by atoms with Crippen molar-refractivity contribution in [3.05, 3.63) is 0 Å². The van der Waals surface area contributed by atoms with E-state index in [4.69, 9.17) is 5.11 Å². The molecule has 3 nitrogen and oxygen atoms in total. The Morgan fingerprint density at radius 2 is 2.09 bits per heavy atom. The first-order valence-corrected chi connectivity index (χ1v) is 4.00. The summed E-state index contributed by atoms with van der Waals surface area (Å²) in [4.78, 5) is 10.9. The molecule has 1 atom stereocenters. The predicted octanol–water partition coefficient (Wildman–Crippen LogP) is 0.674. The van der Waals surface area contributed by atoms with E-state index in [9.17, 15) is 4.79 Å². The first kappa shape index (κ1) is 10.4. The lowest BCUT2D eigenvalue weighted by atomic mass is 10.0. The molecular weight excluding hydrogens is 142 g/mol. The van der Waals surface area contributed by atoms with Gasteiger partial charge in [0.05, 0.1) is 12.1 Å². The molecule has 66 valence electrons. The van der Waals surface area contributed by atoms with Gasteiger partial charge in [-0.2, -0.15) is 0 Å². The molecule has 0 bridgehead atoms. The molecule has 1 amide bonds. The molecule has 0 saturated carbocycles. The number of hydrogen-bond acceptors (Lipinski definition) is 2. The first-order valence-electron chi connectivity index (χ1n) is 4.00. The van der Waals surface area contributed by atoms with E-state index >= 15 is 0 Å². The first-order chi connectivity index (χ1) is 5.08. The zero-order valence-corrected chi connectivity index (χ0v) is 7.48. The zero-order valence-electron chi connectivity index (χ0n) is 7.48. The van der Waals surface area contributed by atoms with Crippen molar-refractivity contribution >= 4 is 5.91 Å². The maximum atomic E-state index is 10.9. The van der Waals surface area contributed by atoms with Gasteiger partial charge in [0.2, 0.25) is 5.91 Å². The molecule has 0 aliphatic carbocycles. The van der Waals surface area contributed by atoms with Crippen LogP contribution in [-0.4, -0.2) is 23.2 Å². The molecule has 0 saturated heterocycles. The third-order valence-corrected chi connectivity index (χ3v) is 1.89. The monoisotopic (exact) mass is 159 g/mol. The molecule has 0 spiro atoms. The van der Waals surface area contributed by atoms with Gasteiger partial charge in [0.15, 0.2) is 0 Å². The van der Waals surface area contributed by atoms with Crippen molar-refractivity contribution in [2.45, 2.75) is 39.2 Å². The lowest BCUT2D eigenvalue weighted by Gasteiger charge is -2.26. The number of nitrogens with one attached hydrogen (secondary N) is 1. The summed E-state index contributed by atoms with van der Waals surface area (Å²) in [5, 5.41) is 11.7. The van der Waals surface area contributed by atoms with Crippen LogP contribution in [0.5, 0.6) is 0 Å². The standard InChI is InChI=1S/C8H17NO2/c1-4-7(11)9-8(3,5-2)6-10/h10H,4-6H2,1-3H3,(H,9,11). The van der Waals surface area contributed by atoms with E-state index in [1.165, 1.54) is 0 Å². The van der Waals surface area contributed by atoms with Gasteiger partial charge in [-0.15, -0.1) is 0 Å². The Hall–Kier alpha value is -0.570. The summed E-state index contributed by atoms with van der Waals surface area (Å²) in [6.07, 6.45) is 1.21. The smallest absolute Gasteiger partial charge is 0.220 e. The second-order valence-electron chi connectivity index (χ2n) is 2.97. The van der Waals surface area contributed by atoms with E-state index < -0.39 is 5.54 Å². The van der Waals surface area contributed by atoms with Crippen molar-refractivity contribution in [3.63, 3.8) is 0 Å². The predicted molar refractivity (Wildman–Crippen MR) is 44.2 cm³/mol. The lowest BCUT2D eigenvalue weighted by Crippen LogP contribution is -2.48. The van der Waals surface area contributed by atoms with E-state index in [0.717, 1.165) is 6.42 Å². The number of aliphatic hydroxyl groups excluding tert-OH is 1. The van der Waals surface area contributed by atoms with E-state index in [2.05, 4.69) is 5.32 Å². The molecular formula is C8H17NO2. The molecule has 0 aliphatic rings. The van der Waals surface area contributed by atoms with Crippen molar-refractivity contribution in [3.8, 4) is 0 Å². The fourth-order valence-electron chi connectivity index (χ4n) is 0.665. The van der Waals surface area contributed by atoms with Crippen LogP contribution >= 0.6 is 0 Å². The third-order valence-electron chi connectivity index (χ3n) is 1.89. The average Bonchev–Trinajstić information content (AvgIpc) is 2.04. The molecule has 0 radical (unpaired) electrons. The zero-order chi connectivity index (χ0) is 8.91. The van der Waals surface area contributed by atoms with Crippen LogP contribution in [0.3, 0.4) is 0 Å². The Morgan fingerprint density at radius 3 is 2.36 bits per heavy atom. The van der Waals surface area contributed by atoms with Crippen molar-refractivity contribution < 1.29 is 9.90 Å². The molecule has 0 aliphatic heterocycles. The van der Waals surface area contributed by atoms with E-state index in [0.29, 0.717) is 6.42 Å². The van der Waals surface area contributed by atoms with Gasteiger partial charge in [-0.1, -0.05) is 13.8 Å². The van der Waals surface area contributed by atoms with Gasteiger partial charge in [0.25, 0.3) is 0 Å². The molecule has 1 unspecified atom stereocenters. The Labute approximate surface area is 67.8 Å². The SMILES string of the molecule is CCC(=O)NC(C)(CC)CO. The summed E-state index contributed by atoms with van der Waals surface area (Å²) in [5.41, 5.74) is -0.437. The summed E-state index contributed by atoms with van der Waals surface area (Å²) in [6, 6.07) is 0. The van der Waals surface area contributed by atoms with Crippen molar-refractivity contribution in [1.29, 1.82) is 0 Å². The summed E-state index contributed by atoms with van der Waals surface area (Å²) in [6.45, 7) is 5.56. The minimum absolute atomic E-state index is 0.00472. The maximum Gasteiger partial charge on any atom is 0.220 e. The number of rotatable bonds is 4. The number of hydrogen-bond donors (Lipinski definition) is 2. The van der Waals surface area contributed by atoms with Crippen LogP contribution < -0.4 is 5.32 Å².